The van der Waals surface area contributed by atoms with Crippen molar-refractivity contribution in [2.75, 3.05) is 0 Å². The zero-order valence-electron chi connectivity index (χ0n) is 14.2. The number of nitrogens with zero attached hydrogens (tertiary/aromatic N) is 5. The third kappa shape index (κ3) is 2.10. The van der Waals surface area contributed by atoms with Crippen LogP contribution in [-0.2, 0) is 13.7 Å². The molecular weight excluding hydrogens is 314 g/mol. The van der Waals surface area contributed by atoms with Crippen LogP contribution in [0.1, 0.15) is 40.9 Å². The Hall–Kier alpha value is -2.73. The van der Waals surface area contributed by atoms with Crippen LogP contribution in [0.4, 0.5) is 0 Å². The van der Waals surface area contributed by atoms with Crippen LogP contribution in [0.15, 0.2) is 36.7 Å². The molecule has 1 fully saturated rings. The number of pyridine rings is 2. The van der Waals surface area contributed by atoms with Gasteiger partial charge in [0.05, 0.1) is 18.0 Å². The second-order valence-electron chi connectivity index (χ2n) is 6.83. The van der Waals surface area contributed by atoms with Gasteiger partial charge in [-0.1, -0.05) is 0 Å². The van der Waals surface area contributed by atoms with E-state index in [2.05, 4.69) is 21.4 Å². The topological polar surface area (TPSA) is 68.2 Å². The fraction of sp³-hybridized carbons (Fsp3) is 0.316. The summed E-state index contributed by atoms with van der Waals surface area (Å²) in [6.07, 6.45) is 4.89. The van der Waals surface area contributed by atoms with Gasteiger partial charge < -0.3 is 9.51 Å². The van der Waals surface area contributed by atoms with E-state index in [0.29, 0.717) is 11.8 Å². The van der Waals surface area contributed by atoms with Crippen molar-refractivity contribution in [2.24, 2.45) is 7.05 Å². The average Bonchev–Trinajstić information content (AvgIpc) is 3.22. The number of rotatable bonds is 3. The Morgan fingerprint density at radius 2 is 2.16 bits per heavy atom. The Morgan fingerprint density at radius 1 is 1.28 bits per heavy atom. The fourth-order valence-electron chi connectivity index (χ4n) is 3.94. The summed E-state index contributed by atoms with van der Waals surface area (Å²) in [6.45, 7) is 2.15. The highest BCUT2D eigenvalue weighted by molar-refractivity contribution is 5.78. The molecule has 4 aromatic heterocycles. The molecule has 0 saturated heterocycles. The summed E-state index contributed by atoms with van der Waals surface area (Å²) >= 11 is 0. The van der Waals surface area contributed by atoms with E-state index < -0.39 is 0 Å². The van der Waals surface area contributed by atoms with Crippen LogP contribution < -0.4 is 0 Å². The molecule has 2 atom stereocenters. The number of aliphatic hydroxyl groups excluding tert-OH is 1. The van der Waals surface area contributed by atoms with Crippen molar-refractivity contribution in [3.05, 3.63) is 59.3 Å². The molecule has 0 spiro atoms. The molecule has 0 aliphatic heterocycles. The van der Waals surface area contributed by atoms with E-state index in [9.17, 15) is 5.11 Å². The van der Waals surface area contributed by atoms with Gasteiger partial charge in [-0.15, -0.1) is 0 Å². The van der Waals surface area contributed by atoms with Crippen molar-refractivity contribution in [1.29, 1.82) is 0 Å². The van der Waals surface area contributed by atoms with Gasteiger partial charge in [-0.05, 0) is 43.2 Å². The molecular formula is C19H19N5O. The van der Waals surface area contributed by atoms with Crippen LogP contribution in [-0.4, -0.2) is 29.3 Å². The Kier molecular flexibility index (Phi) is 3.00. The standard InChI is InChI=1S/C19H19N5O/c1-11-17(21-16-8-12(10-25)5-7-24(11)16)13-9-14(13)19-18-15(22-23(19)2)4-3-6-20-18/h3-8,13-14,25H,9-10H2,1-2H3. The molecule has 0 bridgehead atoms. The first-order valence-corrected chi connectivity index (χ1v) is 8.53. The monoisotopic (exact) mass is 333 g/mol. The van der Waals surface area contributed by atoms with Gasteiger partial charge in [-0.2, -0.15) is 5.10 Å². The largest absolute Gasteiger partial charge is 0.392 e. The number of hydrogen-bond acceptors (Lipinski definition) is 4. The number of aliphatic hydroxyl groups is 1. The van der Waals surface area contributed by atoms with Crippen molar-refractivity contribution >= 4 is 16.7 Å². The summed E-state index contributed by atoms with van der Waals surface area (Å²) in [7, 11) is 2.00. The molecule has 0 aromatic carbocycles. The van der Waals surface area contributed by atoms with Crippen molar-refractivity contribution in [2.45, 2.75) is 31.8 Å². The van der Waals surface area contributed by atoms with Crippen LogP contribution in [0.5, 0.6) is 0 Å². The maximum absolute atomic E-state index is 9.34. The third-order valence-corrected chi connectivity index (χ3v) is 5.28. The molecule has 4 heterocycles. The van der Waals surface area contributed by atoms with Gasteiger partial charge in [-0.25, -0.2) is 4.98 Å². The van der Waals surface area contributed by atoms with Crippen molar-refractivity contribution in [3.8, 4) is 0 Å². The first kappa shape index (κ1) is 14.6. The van der Waals surface area contributed by atoms with Crippen LogP contribution in [0, 0.1) is 6.92 Å². The normalized spacial score (nSPS) is 19.8. The lowest BCUT2D eigenvalue weighted by Crippen LogP contribution is -1.98. The zero-order valence-corrected chi connectivity index (χ0v) is 14.2. The van der Waals surface area contributed by atoms with Gasteiger partial charge in [0.2, 0.25) is 0 Å². The second kappa shape index (κ2) is 5.13. The van der Waals surface area contributed by atoms with Gasteiger partial charge in [0.25, 0.3) is 0 Å². The summed E-state index contributed by atoms with van der Waals surface area (Å²) < 4.78 is 4.07. The van der Waals surface area contributed by atoms with Crippen molar-refractivity contribution < 1.29 is 5.11 Å². The fourth-order valence-corrected chi connectivity index (χ4v) is 3.94. The molecule has 1 aliphatic rings. The van der Waals surface area contributed by atoms with Gasteiger partial charge in [0, 0.05) is 37.0 Å². The minimum atomic E-state index is 0.0382. The first-order valence-electron chi connectivity index (χ1n) is 8.53. The van der Waals surface area contributed by atoms with Gasteiger partial charge in [0.1, 0.15) is 16.7 Å². The second-order valence-corrected chi connectivity index (χ2v) is 6.83. The third-order valence-electron chi connectivity index (χ3n) is 5.28. The first-order chi connectivity index (χ1) is 12.2. The number of aryl methyl sites for hydroxylation is 2. The minimum absolute atomic E-state index is 0.0382. The number of aromatic nitrogens is 5. The summed E-state index contributed by atoms with van der Waals surface area (Å²) in [4.78, 5) is 9.40. The van der Waals surface area contributed by atoms with Gasteiger partial charge in [-0.3, -0.25) is 9.67 Å². The van der Waals surface area contributed by atoms with E-state index in [1.54, 1.807) is 0 Å². The molecule has 25 heavy (non-hydrogen) atoms. The van der Waals surface area contributed by atoms with E-state index in [1.807, 2.05) is 48.4 Å². The van der Waals surface area contributed by atoms with E-state index >= 15 is 0 Å². The highest BCUT2D eigenvalue weighted by Crippen LogP contribution is 2.56. The summed E-state index contributed by atoms with van der Waals surface area (Å²) in [5, 5.41) is 13.9. The molecule has 6 nitrogen and oxygen atoms in total. The smallest absolute Gasteiger partial charge is 0.137 e. The maximum Gasteiger partial charge on any atom is 0.137 e. The highest BCUT2D eigenvalue weighted by Gasteiger charge is 2.45. The van der Waals surface area contributed by atoms with E-state index in [1.165, 1.54) is 11.4 Å². The number of hydrogen-bond donors (Lipinski definition) is 1. The Balaban J connectivity index is 1.57. The van der Waals surface area contributed by atoms with E-state index in [-0.39, 0.29) is 6.61 Å². The van der Waals surface area contributed by atoms with Gasteiger partial charge >= 0.3 is 0 Å². The summed E-state index contributed by atoms with van der Waals surface area (Å²) in [5.74, 6) is 0.809. The summed E-state index contributed by atoms with van der Waals surface area (Å²) in [6, 6.07) is 7.83. The zero-order chi connectivity index (χ0) is 17.1. The number of fused-ring (bicyclic) bond motifs is 2. The maximum atomic E-state index is 9.34. The molecule has 1 saturated carbocycles. The van der Waals surface area contributed by atoms with Crippen LogP contribution in [0.2, 0.25) is 0 Å². The van der Waals surface area contributed by atoms with Crippen molar-refractivity contribution in [1.82, 2.24) is 24.1 Å². The Labute approximate surface area is 144 Å². The molecule has 2 unspecified atom stereocenters. The van der Waals surface area contributed by atoms with Crippen LogP contribution in [0.3, 0.4) is 0 Å². The Bertz CT molecular complexity index is 1110. The molecule has 6 heteroatoms. The average molecular weight is 333 g/mol. The molecule has 4 aromatic rings. The highest BCUT2D eigenvalue weighted by atomic mass is 16.3. The molecule has 5 rings (SSSR count). The predicted molar refractivity (Wildman–Crippen MR) is 94.5 cm³/mol. The number of imidazole rings is 1. The van der Waals surface area contributed by atoms with Crippen LogP contribution in [0.25, 0.3) is 16.7 Å². The Morgan fingerprint density at radius 3 is 3.00 bits per heavy atom. The van der Waals surface area contributed by atoms with E-state index in [0.717, 1.165) is 34.4 Å². The quantitative estimate of drug-likeness (QED) is 0.626. The molecule has 0 amide bonds. The predicted octanol–water partition coefficient (Wildman–Crippen LogP) is 2.69. The molecule has 0 radical (unpaired) electrons. The lowest BCUT2D eigenvalue weighted by Gasteiger charge is -2.02. The lowest BCUT2D eigenvalue weighted by atomic mass is 10.1. The van der Waals surface area contributed by atoms with Gasteiger partial charge in [0.15, 0.2) is 0 Å². The van der Waals surface area contributed by atoms with E-state index in [4.69, 9.17) is 4.98 Å². The minimum Gasteiger partial charge on any atom is -0.392 e. The molecule has 1 aliphatic carbocycles. The molecule has 126 valence electrons. The lowest BCUT2D eigenvalue weighted by molar-refractivity contribution is 0.282. The summed E-state index contributed by atoms with van der Waals surface area (Å²) in [5.41, 5.74) is 7.26. The van der Waals surface area contributed by atoms with Crippen LogP contribution >= 0.6 is 0 Å². The molecule has 1 N–H and O–H groups in total. The SMILES string of the molecule is Cc1c(C2CC2c2c3ncccc3nn2C)nc2cc(CO)ccn12. The van der Waals surface area contributed by atoms with Crippen molar-refractivity contribution in [3.63, 3.8) is 0 Å².